The molecule has 0 aliphatic rings. The second kappa shape index (κ2) is 8.24. The fourth-order valence-electron chi connectivity index (χ4n) is 1.39. The average Bonchev–Trinajstić information content (AvgIpc) is 2.30. The fraction of sp³-hybridized carbons (Fsp3) is 0.500. The Hall–Kier alpha value is -1.91. The van der Waals surface area contributed by atoms with Crippen molar-refractivity contribution in [3.63, 3.8) is 0 Å². The predicted octanol–water partition coefficient (Wildman–Crippen LogP) is 1.52. The zero-order chi connectivity index (χ0) is 15.0. The van der Waals surface area contributed by atoms with Crippen LogP contribution in [0.15, 0.2) is 24.3 Å². The summed E-state index contributed by atoms with van der Waals surface area (Å²) in [6, 6.07) is 0. The molecule has 0 radical (unpaired) electrons. The Balaban J connectivity index is 4.34. The number of allylic oxidation sites excluding steroid dienone is 1. The summed E-state index contributed by atoms with van der Waals surface area (Å²) in [5.74, 6) is -1.33. The number of primary amides is 1. The predicted molar refractivity (Wildman–Crippen MR) is 72.1 cm³/mol. The number of hydrogen-bond donors (Lipinski definition) is 1. The lowest BCUT2D eigenvalue weighted by molar-refractivity contribution is -0.141. The van der Waals surface area contributed by atoms with Crippen LogP contribution in [0.5, 0.6) is 0 Å². The number of ether oxygens (including phenoxy) is 1. The number of rotatable bonds is 9. The smallest absolute Gasteiger partial charge is 0.333 e. The second-order valence-corrected chi connectivity index (χ2v) is 4.66. The van der Waals surface area contributed by atoms with Crippen molar-refractivity contribution in [2.45, 2.75) is 33.1 Å². The molecule has 0 aromatic rings. The van der Waals surface area contributed by atoms with Crippen molar-refractivity contribution in [2.24, 2.45) is 11.7 Å². The van der Waals surface area contributed by atoms with Crippen molar-refractivity contribution in [1.29, 1.82) is 0 Å². The van der Waals surface area contributed by atoms with Crippen LogP contribution in [-0.2, 0) is 19.1 Å². The van der Waals surface area contributed by atoms with Gasteiger partial charge in [0.25, 0.3) is 0 Å². The molecular formula is C14H21NO4. The summed E-state index contributed by atoms with van der Waals surface area (Å²) in [6.45, 7) is 10.2. The number of amides is 1. The lowest BCUT2D eigenvalue weighted by Crippen LogP contribution is -2.22. The standard InChI is InChI=1S/C14H21NO4/c1-9(2)12(16)6-5-11(7-13(15)17)8-19-14(18)10(3)4/h11H,1,3,5-8H2,2,4H3,(H2,15,17). The molecular weight excluding hydrogens is 246 g/mol. The van der Waals surface area contributed by atoms with Crippen molar-refractivity contribution in [2.75, 3.05) is 6.61 Å². The fourth-order valence-corrected chi connectivity index (χ4v) is 1.39. The quantitative estimate of drug-likeness (QED) is 0.507. The topological polar surface area (TPSA) is 86.5 Å². The highest BCUT2D eigenvalue weighted by molar-refractivity contribution is 5.94. The molecule has 0 spiro atoms. The van der Waals surface area contributed by atoms with E-state index in [1.165, 1.54) is 6.92 Å². The lowest BCUT2D eigenvalue weighted by atomic mass is 9.97. The Morgan fingerprint density at radius 3 is 2.16 bits per heavy atom. The van der Waals surface area contributed by atoms with Gasteiger partial charge in [-0.05, 0) is 25.8 Å². The van der Waals surface area contributed by atoms with Crippen molar-refractivity contribution < 1.29 is 19.1 Å². The third kappa shape index (κ3) is 7.91. The zero-order valence-electron chi connectivity index (χ0n) is 11.5. The van der Waals surface area contributed by atoms with Crippen molar-refractivity contribution >= 4 is 17.7 Å². The summed E-state index contributed by atoms with van der Waals surface area (Å²) < 4.78 is 4.98. The molecule has 1 unspecified atom stereocenters. The van der Waals surface area contributed by atoms with Crippen molar-refractivity contribution in [3.05, 3.63) is 24.3 Å². The molecule has 0 heterocycles. The van der Waals surface area contributed by atoms with Gasteiger partial charge in [0.2, 0.25) is 5.91 Å². The average molecular weight is 267 g/mol. The largest absolute Gasteiger partial charge is 0.462 e. The van der Waals surface area contributed by atoms with Gasteiger partial charge in [0, 0.05) is 24.3 Å². The van der Waals surface area contributed by atoms with Gasteiger partial charge in [-0.2, -0.15) is 0 Å². The van der Waals surface area contributed by atoms with E-state index in [1.807, 2.05) is 0 Å². The van der Waals surface area contributed by atoms with E-state index in [0.717, 1.165) is 0 Å². The first-order chi connectivity index (χ1) is 8.73. The molecule has 1 amide bonds. The Morgan fingerprint density at radius 2 is 1.74 bits per heavy atom. The minimum absolute atomic E-state index is 0.0537. The van der Waals surface area contributed by atoms with Crippen molar-refractivity contribution in [3.8, 4) is 0 Å². The zero-order valence-corrected chi connectivity index (χ0v) is 11.5. The van der Waals surface area contributed by atoms with E-state index in [0.29, 0.717) is 12.0 Å². The first-order valence-corrected chi connectivity index (χ1v) is 6.03. The molecule has 0 saturated carbocycles. The molecule has 0 aliphatic carbocycles. The van der Waals surface area contributed by atoms with Gasteiger partial charge in [0.1, 0.15) is 0 Å². The van der Waals surface area contributed by atoms with Gasteiger partial charge in [0.15, 0.2) is 5.78 Å². The highest BCUT2D eigenvalue weighted by Gasteiger charge is 2.17. The van der Waals surface area contributed by atoms with Crippen LogP contribution in [0.1, 0.15) is 33.1 Å². The number of carbonyl (C=O) groups is 3. The summed E-state index contributed by atoms with van der Waals surface area (Å²) in [7, 11) is 0. The molecule has 0 saturated heterocycles. The van der Waals surface area contributed by atoms with Gasteiger partial charge >= 0.3 is 5.97 Å². The molecule has 5 nitrogen and oxygen atoms in total. The number of carbonyl (C=O) groups excluding carboxylic acids is 3. The van der Waals surface area contributed by atoms with E-state index in [1.54, 1.807) is 6.92 Å². The Bertz CT molecular complexity index is 368. The third-order valence-electron chi connectivity index (χ3n) is 2.54. The van der Waals surface area contributed by atoms with Crippen LogP contribution in [0.3, 0.4) is 0 Å². The lowest BCUT2D eigenvalue weighted by Gasteiger charge is -2.15. The van der Waals surface area contributed by atoms with Crippen molar-refractivity contribution in [1.82, 2.24) is 0 Å². The molecule has 0 aliphatic heterocycles. The van der Waals surface area contributed by atoms with E-state index in [4.69, 9.17) is 10.5 Å². The van der Waals surface area contributed by atoms with Crippen LogP contribution in [-0.4, -0.2) is 24.3 Å². The molecule has 0 rings (SSSR count). The second-order valence-electron chi connectivity index (χ2n) is 4.66. The van der Waals surface area contributed by atoms with E-state index < -0.39 is 11.9 Å². The molecule has 0 fully saturated rings. The normalized spacial score (nSPS) is 11.5. The molecule has 5 heteroatoms. The minimum atomic E-state index is -0.513. The number of esters is 1. The van der Waals surface area contributed by atoms with Crippen LogP contribution in [0, 0.1) is 5.92 Å². The highest BCUT2D eigenvalue weighted by atomic mass is 16.5. The molecule has 0 aromatic heterocycles. The summed E-state index contributed by atoms with van der Waals surface area (Å²) in [5.41, 5.74) is 5.88. The van der Waals surface area contributed by atoms with Gasteiger partial charge in [0.05, 0.1) is 6.61 Å². The minimum Gasteiger partial charge on any atom is -0.462 e. The first-order valence-electron chi connectivity index (χ1n) is 6.03. The number of nitrogens with two attached hydrogens (primary N) is 1. The number of ketones is 1. The highest BCUT2D eigenvalue weighted by Crippen LogP contribution is 2.14. The molecule has 19 heavy (non-hydrogen) atoms. The number of hydrogen-bond acceptors (Lipinski definition) is 4. The monoisotopic (exact) mass is 267 g/mol. The van der Waals surface area contributed by atoms with Crippen LogP contribution < -0.4 is 5.73 Å². The molecule has 0 aromatic carbocycles. The van der Waals surface area contributed by atoms with Gasteiger partial charge in [-0.3, -0.25) is 9.59 Å². The summed E-state index contributed by atoms with van der Waals surface area (Å²) in [4.78, 5) is 33.6. The number of Topliss-reactive ketones (excluding diaryl/α,β-unsaturated/α-hetero) is 1. The van der Waals surface area contributed by atoms with Crippen LogP contribution in [0.4, 0.5) is 0 Å². The maximum absolute atomic E-state index is 11.4. The van der Waals surface area contributed by atoms with Crippen LogP contribution in [0.2, 0.25) is 0 Å². The molecule has 0 bridgehead atoms. The maximum Gasteiger partial charge on any atom is 0.333 e. The Labute approximate surface area is 113 Å². The Morgan fingerprint density at radius 1 is 1.16 bits per heavy atom. The van der Waals surface area contributed by atoms with Gasteiger partial charge in [-0.15, -0.1) is 0 Å². The maximum atomic E-state index is 11.4. The van der Waals surface area contributed by atoms with Crippen LogP contribution in [0.25, 0.3) is 0 Å². The first kappa shape index (κ1) is 17.1. The SMILES string of the molecule is C=C(C)C(=O)CCC(COC(=O)C(=C)C)CC(N)=O. The molecule has 1 atom stereocenters. The van der Waals surface area contributed by atoms with E-state index in [9.17, 15) is 14.4 Å². The van der Waals surface area contributed by atoms with E-state index in [-0.39, 0.29) is 36.7 Å². The van der Waals surface area contributed by atoms with E-state index in [2.05, 4.69) is 13.2 Å². The molecule has 106 valence electrons. The van der Waals surface area contributed by atoms with Gasteiger partial charge in [-0.1, -0.05) is 13.2 Å². The summed E-state index contributed by atoms with van der Waals surface area (Å²) in [5, 5.41) is 0. The third-order valence-corrected chi connectivity index (χ3v) is 2.54. The summed E-state index contributed by atoms with van der Waals surface area (Å²) in [6.07, 6.45) is 0.767. The van der Waals surface area contributed by atoms with Gasteiger partial charge in [-0.25, -0.2) is 4.79 Å². The van der Waals surface area contributed by atoms with Crippen LogP contribution >= 0.6 is 0 Å². The summed E-state index contributed by atoms with van der Waals surface area (Å²) >= 11 is 0. The van der Waals surface area contributed by atoms with Gasteiger partial charge < -0.3 is 10.5 Å². The Kier molecular flexibility index (Phi) is 7.41. The van der Waals surface area contributed by atoms with E-state index >= 15 is 0 Å². The molecule has 2 N–H and O–H groups in total.